The maximum Gasteiger partial charge on any atom is 0.340 e. The predicted molar refractivity (Wildman–Crippen MR) is 74.6 cm³/mol. The summed E-state index contributed by atoms with van der Waals surface area (Å²) in [5, 5.41) is 13.4. The van der Waals surface area contributed by atoms with Gasteiger partial charge in [-0.25, -0.2) is 9.89 Å². The molecule has 0 bridgehead atoms. The molecule has 112 valence electrons. The fraction of sp³-hybridized carbons (Fsp3) is 0.538. The van der Waals surface area contributed by atoms with E-state index < -0.39 is 5.69 Å². The Morgan fingerprint density at radius 3 is 2.81 bits per heavy atom. The SMILES string of the molecule is CN(Cc1n[nH]c2c1CCCC2)C(=O)Cc1n[nH]c(=O)[nH]1. The third-order valence-electron chi connectivity index (χ3n) is 3.82. The molecule has 8 nitrogen and oxygen atoms in total. The molecule has 1 amide bonds. The highest BCUT2D eigenvalue weighted by atomic mass is 16.2. The molecular formula is C13H18N6O2. The average molecular weight is 290 g/mol. The molecule has 0 aliphatic heterocycles. The molecule has 3 N–H and O–H groups in total. The van der Waals surface area contributed by atoms with Crippen molar-refractivity contribution in [3.63, 3.8) is 0 Å². The summed E-state index contributed by atoms with van der Waals surface area (Å²) in [7, 11) is 1.73. The van der Waals surface area contributed by atoms with Crippen molar-refractivity contribution in [3.05, 3.63) is 33.3 Å². The number of nitrogens with one attached hydrogen (secondary N) is 3. The van der Waals surface area contributed by atoms with Crippen LogP contribution in [0.3, 0.4) is 0 Å². The molecule has 0 aromatic carbocycles. The molecule has 8 heteroatoms. The highest BCUT2D eigenvalue weighted by molar-refractivity contribution is 5.77. The van der Waals surface area contributed by atoms with E-state index in [1.165, 1.54) is 24.1 Å². The zero-order chi connectivity index (χ0) is 14.8. The Hall–Kier alpha value is -2.38. The van der Waals surface area contributed by atoms with E-state index in [4.69, 9.17) is 0 Å². The van der Waals surface area contributed by atoms with Crippen molar-refractivity contribution in [2.75, 3.05) is 7.05 Å². The van der Waals surface area contributed by atoms with E-state index in [-0.39, 0.29) is 12.3 Å². The summed E-state index contributed by atoms with van der Waals surface area (Å²) < 4.78 is 0. The van der Waals surface area contributed by atoms with Gasteiger partial charge in [-0.3, -0.25) is 14.9 Å². The second-order valence-electron chi connectivity index (χ2n) is 5.39. The van der Waals surface area contributed by atoms with Gasteiger partial charge in [0, 0.05) is 12.7 Å². The number of carbonyl (C=O) groups excluding carboxylic acids is 1. The molecule has 3 rings (SSSR count). The third kappa shape index (κ3) is 2.88. The Morgan fingerprint density at radius 2 is 2.05 bits per heavy atom. The van der Waals surface area contributed by atoms with Crippen LogP contribution in [0.15, 0.2) is 4.79 Å². The van der Waals surface area contributed by atoms with Gasteiger partial charge in [-0.2, -0.15) is 10.2 Å². The molecule has 0 unspecified atom stereocenters. The second kappa shape index (κ2) is 5.55. The van der Waals surface area contributed by atoms with Crippen molar-refractivity contribution in [3.8, 4) is 0 Å². The summed E-state index contributed by atoms with van der Waals surface area (Å²) in [6, 6.07) is 0. The van der Waals surface area contributed by atoms with Crippen molar-refractivity contribution in [1.82, 2.24) is 30.3 Å². The summed E-state index contributed by atoms with van der Waals surface area (Å²) in [5.41, 5.74) is 3.00. The van der Waals surface area contributed by atoms with E-state index in [2.05, 4.69) is 25.4 Å². The Kier molecular flexibility index (Phi) is 3.59. The van der Waals surface area contributed by atoms with Gasteiger partial charge in [0.05, 0.1) is 18.7 Å². The van der Waals surface area contributed by atoms with Crippen LogP contribution in [-0.4, -0.2) is 43.2 Å². The van der Waals surface area contributed by atoms with E-state index in [9.17, 15) is 9.59 Å². The molecule has 21 heavy (non-hydrogen) atoms. The van der Waals surface area contributed by atoms with Gasteiger partial charge in [-0.05, 0) is 31.2 Å². The van der Waals surface area contributed by atoms with Gasteiger partial charge in [0.25, 0.3) is 0 Å². The zero-order valence-electron chi connectivity index (χ0n) is 11.9. The molecule has 2 aromatic heterocycles. The summed E-state index contributed by atoms with van der Waals surface area (Å²) >= 11 is 0. The Morgan fingerprint density at radius 1 is 1.24 bits per heavy atom. The lowest BCUT2D eigenvalue weighted by Crippen LogP contribution is -2.29. The summed E-state index contributed by atoms with van der Waals surface area (Å²) in [6.07, 6.45) is 4.49. The van der Waals surface area contributed by atoms with Crippen molar-refractivity contribution in [2.45, 2.75) is 38.6 Å². The largest absolute Gasteiger partial charge is 0.340 e. The molecule has 0 saturated heterocycles. The van der Waals surface area contributed by atoms with Gasteiger partial charge in [-0.15, -0.1) is 0 Å². The normalized spacial score (nSPS) is 14.0. The lowest BCUT2D eigenvalue weighted by atomic mass is 9.96. The summed E-state index contributed by atoms with van der Waals surface area (Å²) in [4.78, 5) is 27.2. The van der Waals surface area contributed by atoms with Gasteiger partial charge in [0.15, 0.2) is 0 Å². The minimum Gasteiger partial charge on any atom is -0.339 e. The van der Waals surface area contributed by atoms with E-state index >= 15 is 0 Å². The zero-order valence-corrected chi connectivity index (χ0v) is 11.9. The highest BCUT2D eigenvalue weighted by Gasteiger charge is 2.20. The first kappa shape index (κ1) is 13.6. The van der Waals surface area contributed by atoms with E-state index in [1.54, 1.807) is 11.9 Å². The third-order valence-corrected chi connectivity index (χ3v) is 3.82. The molecule has 2 heterocycles. The lowest BCUT2D eigenvalue weighted by Gasteiger charge is -2.17. The molecule has 2 aromatic rings. The molecule has 0 fully saturated rings. The quantitative estimate of drug-likeness (QED) is 0.730. The number of aryl methyl sites for hydroxylation is 1. The Bertz CT molecular complexity index is 698. The Balaban J connectivity index is 1.65. The minimum atomic E-state index is -0.401. The molecular weight excluding hydrogens is 272 g/mol. The van der Waals surface area contributed by atoms with Crippen molar-refractivity contribution in [2.24, 2.45) is 0 Å². The van der Waals surface area contributed by atoms with Gasteiger partial charge in [-0.1, -0.05) is 0 Å². The number of fused-ring (bicyclic) bond motifs is 1. The first-order valence-corrected chi connectivity index (χ1v) is 7.06. The van der Waals surface area contributed by atoms with E-state index in [0.29, 0.717) is 12.4 Å². The second-order valence-corrected chi connectivity index (χ2v) is 5.39. The van der Waals surface area contributed by atoms with Crippen LogP contribution in [0.5, 0.6) is 0 Å². The van der Waals surface area contributed by atoms with Crippen LogP contribution in [-0.2, 0) is 30.6 Å². The highest BCUT2D eigenvalue weighted by Crippen LogP contribution is 2.22. The van der Waals surface area contributed by atoms with Crippen molar-refractivity contribution < 1.29 is 4.79 Å². The maximum atomic E-state index is 12.1. The van der Waals surface area contributed by atoms with Crippen LogP contribution in [0.2, 0.25) is 0 Å². The number of amides is 1. The molecule has 1 aliphatic rings. The Labute approximate surface area is 120 Å². The number of hydrogen-bond donors (Lipinski definition) is 3. The van der Waals surface area contributed by atoms with Gasteiger partial charge in [0.1, 0.15) is 5.82 Å². The van der Waals surface area contributed by atoms with Crippen molar-refractivity contribution >= 4 is 5.91 Å². The molecule has 1 aliphatic carbocycles. The number of likely N-dealkylation sites (N-methyl/N-ethyl adjacent to an activating group) is 1. The topological polar surface area (TPSA) is 111 Å². The van der Waals surface area contributed by atoms with Gasteiger partial charge < -0.3 is 4.90 Å². The number of aromatic nitrogens is 5. The summed E-state index contributed by atoms with van der Waals surface area (Å²) in [6.45, 7) is 0.472. The number of nitrogens with zero attached hydrogens (tertiary/aromatic N) is 3. The van der Waals surface area contributed by atoms with Gasteiger partial charge in [0.2, 0.25) is 5.91 Å². The number of rotatable bonds is 4. The van der Waals surface area contributed by atoms with E-state index in [0.717, 1.165) is 18.5 Å². The van der Waals surface area contributed by atoms with Crippen molar-refractivity contribution in [1.29, 1.82) is 0 Å². The molecule has 0 saturated carbocycles. The number of carbonyl (C=O) groups is 1. The van der Waals surface area contributed by atoms with Crippen LogP contribution in [0, 0.1) is 0 Å². The fourth-order valence-electron chi connectivity index (χ4n) is 2.66. The number of aromatic amines is 3. The molecule has 0 spiro atoms. The van der Waals surface area contributed by atoms with E-state index in [1.807, 2.05) is 0 Å². The minimum absolute atomic E-state index is 0.0713. The predicted octanol–water partition coefficient (Wildman–Crippen LogP) is -0.0990. The van der Waals surface area contributed by atoms with Crippen LogP contribution < -0.4 is 5.69 Å². The lowest BCUT2D eigenvalue weighted by molar-refractivity contribution is -0.129. The molecule has 0 radical (unpaired) electrons. The van der Waals surface area contributed by atoms with Gasteiger partial charge >= 0.3 is 5.69 Å². The van der Waals surface area contributed by atoms with Crippen LogP contribution in [0.25, 0.3) is 0 Å². The first-order chi connectivity index (χ1) is 10.1. The fourth-order valence-corrected chi connectivity index (χ4v) is 2.66. The number of hydrogen-bond acceptors (Lipinski definition) is 4. The van der Waals surface area contributed by atoms with Crippen LogP contribution in [0.1, 0.15) is 35.6 Å². The smallest absolute Gasteiger partial charge is 0.339 e. The van der Waals surface area contributed by atoms with Crippen LogP contribution >= 0.6 is 0 Å². The average Bonchev–Trinajstić information content (AvgIpc) is 3.06. The monoisotopic (exact) mass is 290 g/mol. The van der Waals surface area contributed by atoms with Crippen LogP contribution in [0.4, 0.5) is 0 Å². The standard InChI is InChI=1S/C13H18N6O2/c1-19(12(20)6-11-14-13(21)18-17-11)7-10-8-4-2-3-5-9(8)15-16-10/h2-7H2,1H3,(H,15,16)(H2,14,17,18,21). The first-order valence-electron chi connectivity index (χ1n) is 7.06. The summed E-state index contributed by atoms with van der Waals surface area (Å²) in [5.74, 6) is 0.242. The molecule has 0 atom stereocenters. The number of H-pyrrole nitrogens is 3. The maximum absolute atomic E-state index is 12.1.